The van der Waals surface area contributed by atoms with Crippen molar-refractivity contribution in [2.24, 2.45) is 7.05 Å². The number of aliphatic hydroxyl groups excluding tert-OH is 2. The van der Waals surface area contributed by atoms with Crippen LogP contribution in [0.25, 0.3) is 0 Å². The standard InChI is InChI=1S/C10H19N3O2/c1-3-9(12-8(6-14)7-15)10-4-5-11-13(10)2/h4-5,8-9,12,14-15H,3,6-7H2,1-2H3/t9-/m0/s1. The lowest BCUT2D eigenvalue weighted by Crippen LogP contribution is -2.38. The number of aliphatic hydroxyl groups is 2. The molecule has 0 radical (unpaired) electrons. The molecule has 0 saturated carbocycles. The van der Waals surface area contributed by atoms with Gasteiger partial charge in [-0.1, -0.05) is 6.92 Å². The Morgan fingerprint density at radius 2 is 2.13 bits per heavy atom. The van der Waals surface area contributed by atoms with E-state index >= 15 is 0 Å². The summed E-state index contributed by atoms with van der Waals surface area (Å²) in [5, 5.41) is 25.3. The molecule has 0 aliphatic rings. The Labute approximate surface area is 89.7 Å². The largest absolute Gasteiger partial charge is 0.395 e. The van der Waals surface area contributed by atoms with E-state index in [1.807, 2.05) is 13.1 Å². The minimum atomic E-state index is -0.273. The monoisotopic (exact) mass is 213 g/mol. The van der Waals surface area contributed by atoms with Gasteiger partial charge in [-0.3, -0.25) is 4.68 Å². The molecule has 0 aliphatic heterocycles. The lowest BCUT2D eigenvalue weighted by molar-refractivity contribution is 0.160. The third-order valence-electron chi connectivity index (χ3n) is 2.50. The zero-order chi connectivity index (χ0) is 11.3. The van der Waals surface area contributed by atoms with E-state index in [1.165, 1.54) is 0 Å². The molecule has 1 atom stereocenters. The third kappa shape index (κ3) is 3.02. The SMILES string of the molecule is CC[C@H](NC(CO)CO)c1ccnn1C. The van der Waals surface area contributed by atoms with Crippen molar-refractivity contribution in [1.82, 2.24) is 15.1 Å². The molecule has 0 aliphatic carbocycles. The van der Waals surface area contributed by atoms with Crippen molar-refractivity contribution < 1.29 is 10.2 Å². The molecule has 5 heteroatoms. The Bertz CT molecular complexity index is 284. The Hall–Kier alpha value is -0.910. The smallest absolute Gasteiger partial charge is 0.0607 e. The summed E-state index contributed by atoms with van der Waals surface area (Å²) in [5.74, 6) is 0. The molecule has 1 aromatic heterocycles. The second kappa shape index (κ2) is 5.85. The average Bonchev–Trinajstić information content (AvgIpc) is 2.67. The van der Waals surface area contributed by atoms with Crippen molar-refractivity contribution in [2.75, 3.05) is 13.2 Å². The third-order valence-corrected chi connectivity index (χ3v) is 2.50. The number of hydrogen-bond acceptors (Lipinski definition) is 4. The fraction of sp³-hybridized carbons (Fsp3) is 0.700. The lowest BCUT2D eigenvalue weighted by Gasteiger charge is -2.22. The van der Waals surface area contributed by atoms with Gasteiger partial charge < -0.3 is 15.5 Å². The molecule has 0 amide bonds. The molecule has 0 spiro atoms. The molecule has 86 valence electrons. The van der Waals surface area contributed by atoms with Crippen LogP contribution in [0.2, 0.25) is 0 Å². The topological polar surface area (TPSA) is 70.3 Å². The summed E-state index contributed by atoms with van der Waals surface area (Å²) in [4.78, 5) is 0. The van der Waals surface area contributed by atoms with Gasteiger partial charge in [0.25, 0.3) is 0 Å². The maximum Gasteiger partial charge on any atom is 0.0607 e. The highest BCUT2D eigenvalue weighted by molar-refractivity contribution is 5.06. The molecule has 0 fully saturated rings. The summed E-state index contributed by atoms with van der Waals surface area (Å²) >= 11 is 0. The van der Waals surface area contributed by atoms with Crippen LogP contribution in [0.3, 0.4) is 0 Å². The van der Waals surface area contributed by atoms with Crippen molar-refractivity contribution in [3.63, 3.8) is 0 Å². The van der Waals surface area contributed by atoms with Crippen LogP contribution < -0.4 is 5.32 Å². The van der Waals surface area contributed by atoms with Gasteiger partial charge in [-0.25, -0.2) is 0 Å². The molecule has 5 nitrogen and oxygen atoms in total. The highest BCUT2D eigenvalue weighted by Gasteiger charge is 2.16. The summed E-state index contributed by atoms with van der Waals surface area (Å²) in [6.45, 7) is 1.92. The van der Waals surface area contributed by atoms with E-state index in [0.29, 0.717) is 0 Å². The van der Waals surface area contributed by atoms with Crippen LogP contribution in [0.15, 0.2) is 12.3 Å². The number of rotatable bonds is 6. The van der Waals surface area contributed by atoms with Crippen LogP contribution in [0.4, 0.5) is 0 Å². The molecule has 1 aromatic rings. The molecule has 1 rings (SSSR count). The summed E-state index contributed by atoms with van der Waals surface area (Å²) in [5.41, 5.74) is 1.06. The van der Waals surface area contributed by atoms with Crippen molar-refractivity contribution >= 4 is 0 Å². The van der Waals surface area contributed by atoms with Crippen molar-refractivity contribution in [1.29, 1.82) is 0 Å². The van der Waals surface area contributed by atoms with Gasteiger partial charge in [-0.15, -0.1) is 0 Å². The van der Waals surface area contributed by atoms with Gasteiger partial charge in [0, 0.05) is 19.3 Å². The fourth-order valence-corrected chi connectivity index (χ4v) is 1.59. The minimum absolute atomic E-state index is 0.0646. The molecule has 0 aromatic carbocycles. The number of aromatic nitrogens is 2. The van der Waals surface area contributed by atoms with Gasteiger partial charge in [-0.05, 0) is 12.5 Å². The number of nitrogens with one attached hydrogen (secondary N) is 1. The first kappa shape index (κ1) is 12.2. The zero-order valence-electron chi connectivity index (χ0n) is 9.22. The average molecular weight is 213 g/mol. The van der Waals surface area contributed by atoms with E-state index in [9.17, 15) is 0 Å². The second-order valence-electron chi connectivity index (χ2n) is 3.57. The number of hydrogen-bond donors (Lipinski definition) is 3. The van der Waals surface area contributed by atoms with Gasteiger partial charge in [-0.2, -0.15) is 5.10 Å². The first-order valence-corrected chi connectivity index (χ1v) is 5.18. The van der Waals surface area contributed by atoms with Crippen LogP contribution in [0, 0.1) is 0 Å². The van der Waals surface area contributed by atoms with Crippen LogP contribution in [0.1, 0.15) is 25.1 Å². The van der Waals surface area contributed by atoms with Crippen molar-refractivity contribution in [2.45, 2.75) is 25.4 Å². The Morgan fingerprint density at radius 3 is 2.53 bits per heavy atom. The Morgan fingerprint density at radius 1 is 1.47 bits per heavy atom. The second-order valence-corrected chi connectivity index (χ2v) is 3.57. The van der Waals surface area contributed by atoms with E-state index in [4.69, 9.17) is 10.2 Å². The molecule has 0 unspecified atom stereocenters. The molecule has 15 heavy (non-hydrogen) atoms. The van der Waals surface area contributed by atoms with E-state index < -0.39 is 0 Å². The Kier molecular flexibility index (Phi) is 4.74. The van der Waals surface area contributed by atoms with Crippen molar-refractivity contribution in [3.05, 3.63) is 18.0 Å². The maximum atomic E-state index is 8.99. The zero-order valence-corrected chi connectivity index (χ0v) is 9.22. The molecular weight excluding hydrogens is 194 g/mol. The summed E-state index contributed by atoms with van der Waals surface area (Å²) < 4.78 is 1.80. The summed E-state index contributed by atoms with van der Waals surface area (Å²) in [6, 6.07) is 1.78. The predicted molar refractivity (Wildman–Crippen MR) is 57.3 cm³/mol. The quantitative estimate of drug-likeness (QED) is 0.613. The van der Waals surface area contributed by atoms with Crippen molar-refractivity contribution in [3.8, 4) is 0 Å². The Balaban J connectivity index is 2.68. The molecular formula is C10H19N3O2. The fourth-order valence-electron chi connectivity index (χ4n) is 1.59. The first-order valence-electron chi connectivity index (χ1n) is 5.18. The molecule has 1 heterocycles. The molecule has 0 bridgehead atoms. The van der Waals surface area contributed by atoms with Gasteiger partial charge in [0.2, 0.25) is 0 Å². The highest BCUT2D eigenvalue weighted by Crippen LogP contribution is 2.15. The number of nitrogens with zero attached hydrogens (tertiary/aromatic N) is 2. The maximum absolute atomic E-state index is 8.99. The summed E-state index contributed by atoms with van der Waals surface area (Å²) in [6.07, 6.45) is 2.63. The number of aryl methyl sites for hydroxylation is 1. The van der Waals surface area contributed by atoms with Gasteiger partial charge >= 0.3 is 0 Å². The van der Waals surface area contributed by atoms with Crippen LogP contribution in [-0.2, 0) is 7.05 Å². The molecule has 0 saturated heterocycles. The van der Waals surface area contributed by atoms with Gasteiger partial charge in [0.15, 0.2) is 0 Å². The predicted octanol–water partition coefficient (Wildman–Crippen LogP) is -0.186. The normalized spacial score (nSPS) is 13.4. The van der Waals surface area contributed by atoms with Crippen LogP contribution in [0.5, 0.6) is 0 Å². The minimum Gasteiger partial charge on any atom is -0.395 e. The summed E-state index contributed by atoms with van der Waals surface area (Å²) in [7, 11) is 1.88. The lowest BCUT2D eigenvalue weighted by atomic mass is 10.1. The van der Waals surface area contributed by atoms with E-state index in [1.54, 1.807) is 10.9 Å². The van der Waals surface area contributed by atoms with Crippen LogP contribution in [-0.4, -0.2) is 39.2 Å². The van der Waals surface area contributed by atoms with Gasteiger partial charge in [0.1, 0.15) is 0 Å². The first-order chi connectivity index (χ1) is 7.22. The van der Waals surface area contributed by atoms with E-state index in [0.717, 1.165) is 12.1 Å². The van der Waals surface area contributed by atoms with E-state index in [-0.39, 0.29) is 25.3 Å². The molecule has 3 N–H and O–H groups in total. The van der Waals surface area contributed by atoms with Gasteiger partial charge in [0.05, 0.1) is 24.9 Å². The van der Waals surface area contributed by atoms with E-state index in [2.05, 4.69) is 17.3 Å². The highest BCUT2D eigenvalue weighted by atomic mass is 16.3. The van der Waals surface area contributed by atoms with Crippen LogP contribution >= 0.6 is 0 Å².